The second kappa shape index (κ2) is 8.26. The molecule has 0 aliphatic carbocycles. The van der Waals surface area contributed by atoms with Crippen LogP contribution in [-0.2, 0) is 14.8 Å². The van der Waals surface area contributed by atoms with E-state index in [1.54, 1.807) is 0 Å². The lowest BCUT2D eigenvalue weighted by Gasteiger charge is -2.34. The van der Waals surface area contributed by atoms with Crippen molar-refractivity contribution in [3.05, 3.63) is 23.8 Å². The predicted octanol–water partition coefficient (Wildman–Crippen LogP) is 1.56. The number of hydrogen-bond acceptors (Lipinski definition) is 5. The van der Waals surface area contributed by atoms with Gasteiger partial charge < -0.3 is 15.2 Å². The van der Waals surface area contributed by atoms with E-state index in [9.17, 15) is 18.0 Å². The van der Waals surface area contributed by atoms with E-state index < -0.39 is 27.9 Å². The molecule has 0 bridgehead atoms. The predicted molar refractivity (Wildman–Crippen MR) is 99.3 cm³/mol. The van der Waals surface area contributed by atoms with Gasteiger partial charge in [-0.1, -0.05) is 13.8 Å². The van der Waals surface area contributed by atoms with Gasteiger partial charge in [0.15, 0.2) is 0 Å². The first kappa shape index (κ1) is 21.2. The summed E-state index contributed by atoms with van der Waals surface area (Å²) in [5.41, 5.74) is 0.0561. The second-order valence-corrected chi connectivity index (χ2v) is 9.07. The highest BCUT2D eigenvalue weighted by Crippen LogP contribution is 2.32. The summed E-state index contributed by atoms with van der Waals surface area (Å²) in [6, 6.07) is 2.96. The molecule has 1 heterocycles. The Hall–Kier alpha value is -2.13. The van der Waals surface area contributed by atoms with Gasteiger partial charge in [0.2, 0.25) is 10.0 Å². The molecule has 9 heteroatoms. The normalized spacial score (nSPS) is 22.1. The molecule has 0 spiro atoms. The number of hydrogen-bond donors (Lipinski definition) is 2. The van der Waals surface area contributed by atoms with E-state index in [-0.39, 0.29) is 28.0 Å². The summed E-state index contributed by atoms with van der Waals surface area (Å²) in [7, 11) is -2.50. The van der Waals surface area contributed by atoms with Crippen LogP contribution in [0.1, 0.15) is 37.6 Å². The molecule has 1 aromatic carbocycles. The van der Waals surface area contributed by atoms with Gasteiger partial charge in [-0.25, -0.2) is 8.42 Å². The molecule has 1 aliphatic rings. The molecule has 1 fully saturated rings. The van der Waals surface area contributed by atoms with Crippen LogP contribution in [-0.4, -0.2) is 55.9 Å². The average Bonchev–Trinajstić information content (AvgIpc) is 2.60. The van der Waals surface area contributed by atoms with Crippen molar-refractivity contribution in [2.45, 2.75) is 38.1 Å². The van der Waals surface area contributed by atoms with Crippen LogP contribution in [0.4, 0.5) is 0 Å². The number of methoxy groups -OCH3 is 1. The summed E-state index contributed by atoms with van der Waals surface area (Å²) in [6.45, 7) is 6.15. The minimum absolute atomic E-state index is 0.0561. The molecule has 1 saturated heterocycles. The van der Waals surface area contributed by atoms with Crippen LogP contribution in [0, 0.1) is 11.8 Å². The summed E-state index contributed by atoms with van der Waals surface area (Å²) in [4.78, 5) is 23.1. The van der Waals surface area contributed by atoms with E-state index in [0.29, 0.717) is 13.1 Å². The van der Waals surface area contributed by atoms with Gasteiger partial charge in [-0.2, -0.15) is 4.31 Å². The van der Waals surface area contributed by atoms with Crippen molar-refractivity contribution >= 4 is 21.9 Å². The lowest BCUT2D eigenvalue weighted by atomic mass is 9.94. The third-order valence-electron chi connectivity index (χ3n) is 4.60. The van der Waals surface area contributed by atoms with Crippen LogP contribution in [0.5, 0.6) is 5.75 Å². The lowest BCUT2D eigenvalue weighted by Crippen LogP contribution is -2.42. The number of aliphatic carboxylic acids is 1. The van der Waals surface area contributed by atoms with Crippen LogP contribution in [0.25, 0.3) is 0 Å². The van der Waals surface area contributed by atoms with E-state index in [2.05, 4.69) is 5.32 Å². The van der Waals surface area contributed by atoms with Crippen molar-refractivity contribution in [2.75, 3.05) is 20.2 Å². The monoisotopic (exact) mass is 398 g/mol. The second-order valence-electron chi connectivity index (χ2n) is 7.17. The van der Waals surface area contributed by atoms with Crippen LogP contribution in [0.2, 0.25) is 0 Å². The number of carbonyl (C=O) groups excluding carboxylic acids is 1. The Balaban J connectivity index is 2.39. The molecule has 1 aliphatic heterocycles. The Morgan fingerprint density at radius 2 is 1.85 bits per heavy atom. The SMILES string of the molecule is COc1ccc(C(=O)NC(C)C(=O)O)cc1S(=O)(=O)N1CC(C)CC(C)C1. The highest BCUT2D eigenvalue weighted by atomic mass is 32.2. The Morgan fingerprint density at radius 3 is 2.37 bits per heavy atom. The fourth-order valence-electron chi connectivity index (χ4n) is 3.30. The maximum atomic E-state index is 13.2. The summed E-state index contributed by atoms with van der Waals surface area (Å²) in [5.74, 6) is -1.23. The smallest absolute Gasteiger partial charge is 0.325 e. The molecule has 3 unspecified atom stereocenters. The summed E-state index contributed by atoms with van der Waals surface area (Å²) in [5, 5.41) is 11.2. The van der Waals surface area contributed by atoms with Crippen LogP contribution >= 0.6 is 0 Å². The van der Waals surface area contributed by atoms with Crippen molar-refractivity contribution in [1.29, 1.82) is 0 Å². The van der Waals surface area contributed by atoms with Gasteiger partial charge in [0, 0.05) is 18.7 Å². The Morgan fingerprint density at radius 1 is 1.26 bits per heavy atom. The number of rotatable bonds is 6. The largest absolute Gasteiger partial charge is 0.495 e. The number of carboxylic acid groups (broad SMARTS) is 1. The topological polar surface area (TPSA) is 113 Å². The Labute approximate surface area is 159 Å². The molecule has 2 N–H and O–H groups in total. The fourth-order valence-corrected chi connectivity index (χ4v) is 5.16. The van der Waals surface area contributed by atoms with Gasteiger partial charge in [-0.3, -0.25) is 9.59 Å². The third kappa shape index (κ3) is 4.78. The van der Waals surface area contributed by atoms with E-state index in [1.165, 1.54) is 36.5 Å². The van der Waals surface area contributed by atoms with Crippen LogP contribution < -0.4 is 10.1 Å². The van der Waals surface area contributed by atoms with Gasteiger partial charge in [0.05, 0.1) is 7.11 Å². The van der Waals surface area contributed by atoms with Crippen molar-refractivity contribution in [2.24, 2.45) is 11.8 Å². The quantitative estimate of drug-likeness (QED) is 0.752. The molecule has 0 radical (unpaired) electrons. The molecule has 0 aromatic heterocycles. The Kier molecular flexibility index (Phi) is 6.48. The summed E-state index contributed by atoms with van der Waals surface area (Å²) < 4.78 is 33.0. The van der Waals surface area contributed by atoms with Crippen molar-refractivity contribution in [3.8, 4) is 5.75 Å². The van der Waals surface area contributed by atoms with Crippen molar-refractivity contribution < 1.29 is 27.9 Å². The first-order chi connectivity index (χ1) is 12.6. The van der Waals surface area contributed by atoms with Gasteiger partial charge in [-0.05, 0) is 43.4 Å². The maximum Gasteiger partial charge on any atom is 0.325 e. The molecular weight excluding hydrogens is 372 g/mol. The standard InChI is InChI=1S/C18H26N2O6S/c1-11-7-12(2)10-20(9-11)27(24,25)16-8-14(5-6-15(16)26-4)17(21)19-13(3)18(22)23/h5-6,8,11-13H,7,9-10H2,1-4H3,(H,19,21)(H,22,23). The zero-order valence-corrected chi connectivity index (χ0v) is 16.7. The highest BCUT2D eigenvalue weighted by molar-refractivity contribution is 7.89. The Bertz CT molecular complexity index is 813. The number of sulfonamides is 1. The van der Waals surface area contributed by atoms with Gasteiger partial charge in [0.25, 0.3) is 5.91 Å². The number of carbonyl (C=O) groups is 2. The first-order valence-electron chi connectivity index (χ1n) is 8.78. The average molecular weight is 398 g/mol. The third-order valence-corrected chi connectivity index (χ3v) is 6.45. The number of benzene rings is 1. The van der Waals surface area contributed by atoms with Gasteiger partial charge in [0.1, 0.15) is 16.7 Å². The number of nitrogens with one attached hydrogen (secondary N) is 1. The van der Waals surface area contributed by atoms with E-state index in [1.807, 2.05) is 13.8 Å². The van der Waals surface area contributed by atoms with E-state index >= 15 is 0 Å². The number of ether oxygens (including phenoxy) is 1. The zero-order chi connectivity index (χ0) is 20.4. The lowest BCUT2D eigenvalue weighted by molar-refractivity contribution is -0.138. The number of carboxylic acids is 1. The van der Waals surface area contributed by atoms with Gasteiger partial charge >= 0.3 is 5.97 Å². The van der Waals surface area contributed by atoms with Crippen molar-refractivity contribution in [3.63, 3.8) is 0 Å². The van der Waals surface area contributed by atoms with Crippen molar-refractivity contribution in [1.82, 2.24) is 9.62 Å². The molecular formula is C18H26N2O6S. The molecule has 2 rings (SSSR count). The fraction of sp³-hybridized carbons (Fsp3) is 0.556. The number of piperidine rings is 1. The molecule has 3 atom stereocenters. The number of amides is 1. The van der Waals surface area contributed by atoms with Crippen LogP contribution in [0.15, 0.2) is 23.1 Å². The molecule has 1 amide bonds. The van der Waals surface area contributed by atoms with E-state index in [0.717, 1.165) is 6.42 Å². The molecule has 1 aromatic rings. The highest BCUT2D eigenvalue weighted by Gasteiger charge is 2.34. The van der Waals surface area contributed by atoms with Crippen LogP contribution in [0.3, 0.4) is 0 Å². The van der Waals surface area contributed by atoms with E-state index in [4.69, 9.17) is 9.84 Å². The molecule has 8 nitrogen and oxygen atoms in total. The summed E-state index contributed by atoms with van der Waals surface area (Å²) >= 11 is 0. The molecule has 150 valence electrons. The zero-order valence-electron chi connectivity index (χ0n) is 15.9. The first-order valence-corrected chi connectivity index (χ1v) is 10.2. The number of nitrogens with zero attached hydrogens (tertiary/aromatic N) is 1. The maximum absolute atomic E-state index is 13.2. The molecule has 0 saturated carbocycles. The minimum atomic E-state index is -3.86. The van der Waals surface area contributed by atoms with Gasteiger partial charge in [-0.15, -0.1) is 0 Å². The minimum Gasteiger partial charge on any atom is -0.495 e. The molecule has 27 heavy (non-hydrogen) atoms. The summed E-state index contributed by atoms with van der Waals surface area (Å²) in [6.07, 6.45) is 0.957.